The highest BCUT2D eigenvalue weighted by Gasteiger charge is 2.54. The molecule has 2 aliphatic carbocycles. The second-order valence-corrected chi connectivity index (χ2v) is 15.7. The molecule has 13 rings (SSSR count). The third-order valence-corrected chi connectivity index (χ3v) is 13.0. The van der Waals surface area contributed by atoms with Crippen LogP contribution in [0.3, 0.4) is 0 Å². The van der Waals surface area contributed by atoms with Gasteiger partial charge in [0.05, 0.1) is 16.4 Å². The van der Waals surface area contributed by atoms with Crippen molar-refractivity contribution in [1.82, 2.24) is 9.55 Å². The minimum Gasteiger partial charge on any atom is -0.292 e. The maximum atomic E-state index is 5.12. The number of para-hydroxylation sites is 2. The Labute approximate surface area is 335 Å². The first-order valence-electron chi connectivity index (χ1n) is 20.1. The van der Waals surface area contributed by atoms with Crippen LogP contribution < -0.4 is 0 Å². The van der Waals surface area contributed by atoms with Gasteiger partial charge in [-0.3, -0.25) is 4.57 Å². The summed E-state index contributed by atoms with van der Waals surface area (Å²) in [4.78, 5) is 5.12. The van der Waals surface area contributed by atoms with Crippen LogP contribution in [0.4, 0.5) is 0 Å². The van der Waals surface area contributed by atoms with Crippen LogP contribution in [0.15, 0.2) is 206 Å². The van der Waals surface area contributed by atoms with Gasteiger partial charge in [0.2, 0.25) is 0 Å². The lowest BCUT2D eigenvalue weighted by molar-refractivity contribution is 0.809. The first kappa shape index (κ1) is 31.6. The highest BCUT2D eigenvalue weighted by atomic mass is 15.1. The van der Waals surface area contributed by atoms with E-state index in [1.165, 1.54) is 88.0 Å². The van der Waals surface area contributed by atoms with Gasteiger partial charge in [0.15, 0.2) is 0 Å². The van der Waals surface area contributed by atoms with E-state index in [0.29, 0.717) is 0 Å². The summed E-state index contributed by atoms with van der Waals surface area (Å²) in [5.41, 5.74) is 17.0. The van der Waals surface area contributed by atoms with Gasteiger partial charge in [-0.2, -0.15) is 0 Å². The molecule has 0 N–H and O–H groups in total. The SMILES string of the molecule is c1ccc(-c2nc3ccccc3n2-c2ccc(-c3cc4c(c5ccccc35)C3(c5ccccc5-c5ccccc53)c3c-4c4ccccc4c4ccccc34)cc2)cc1. The molecule has 0 amide bonds. The van der Waals surface area contributed by atoms with Gasteiger partial charge in [0.1, 0.15) is 5.82 Å². The minimum atomic E-state index is -0.500. The first-order chi connectivity index (χ1) is 28.8. The standard InChI is InChI=1S/C56H34N2/c1-2-16-36(17-3-1)55-57-50-28-14-15-29-51(50)58(55)37-32-30-35(31-33-37)46-34-47-52-43-23-7-4-18-38(43)39-19-5-9-25-45(39)54(52)56(53(47)44-24-8-6-20-40(44)46)48-26-12-10-21-41(48)42-22-11-13-27-49(42)56/h1-34H. The summed E-state index contributed by atoms with van der Waals surface area (Å²) in [5.74, 6) is 0.940. The summed E-state index contributed by atoms with van der Waals surface area (Å²) in [7, 11) is 0. The fourth-order valence-electron chi connectivity index (χ4n) is 10.8. The molecule has 2 nitrogen and oxygen atoms in total. The van der Waals surface area contributed by atoms with Crippen LogP contribution in [0.5, 0.6) is 0 Å². The van der Waals surface area contributed by atoms with Crippen molar-refractivity contribution >= 4 is 43.4 Å². The molecule has 58 heavy (non-hydrogen) atoms. The van der Waals surface area contributed by atoms with E-state index in [1.807, 2.05) is 0 Å². The third-order valence-electron chi connectivity index (χ3n) is 13.0. The van der Waals surface area contributed by atoms with E-state index < -0.39 is 5.41 Å². The summed E-state index contributed by atoms with van der Waals surface area (Å²) in [6, 6.07) is 76.2. The van der Waals surface area contributed by atoms with Gasteiger partial charge in [0, 0.05) is 11.3 Å². The lowest BCUT2D eigenvalue weighted by Gasteiger charge is -2.33. The predicted molar refractivity (Wildman–Crippen MR) is 241 cm³/mol. The highest BCUT2D eigenvalue weighted by Crippen LogP contribution is 2.67. The largest absolute Gasteiger partial charge is 0.292 e. The van der Waals surface area contributed by atoms with Crippen molar-refractivity contribution in [3.8, 4) is 50.5 Å². The van der Waals surface area contributed by atoms with Crippen LogP contribution in [0.25, 0.3) is 93.8 Å². The molecule has 2 aliphatic rings. The summed E-state index contributed by atoms with van der Waals surface area (Å²) >= 11 is 0. The van der Waals surface area contributed by atoms with Crippen LogP contribution in [0, 0.1) is 0 Å². The Morgan fingerprint density at radius 2 is 0.897 bits per heavy atom. The Bertz CT molecular complexity index is 3450. The molecule has 2 heteroatoms. The number of rotatable bonds is 3. The van der Waals surface area contributed by atoms with Crippen LogP contribution in [0.1, 0.15) is 22.3 Å². The van der Waals surface area contributed by atoms with Gasteiger partial charge >= 0.3 is 0 Å². The number of hydrogen-bond donors (Lipinski definition) is 0. The molecular formula is C56H34N2. The lowest BCUT2D eigenvalue weighted by Crippen LogP contribution is -2.26. The van der Waals surface area contributed by atoms with E-state index in [9.17, 15) is 0 Å². The number of nitrogens with zero attached hydrogens (tertiary/aromatic N) is 2. The van der Waals surface area contributed by atoms with E-state index in [-0.39, 0.29) is 0 Å². The van der Waals surface area contributed by atoms with Crippen molar-refractivity contribution in [3.05, 3.63) is 229 Å². The first-order valence-corrected chi connectivity index (χ1v) is 20.1. The molecule has 0 bridgehead atoms. The molecule has 1 heterocycles. The zero-order chi connectivity index (χ0) is 38.0. The van der Waals surface area contributed by atoms with Crippen LogP contribution in [-0.2, 0) is 5.41 Å². The maximum absolute atomic E-state index is 5.12. The molecule has 0 radical (unpaired) electrons. The van der Waals surface area contributed by atoms with Gasteiger partial charge in [-0.15, -0.1) is 0 Å². The van der Waals surface area contributed by atoms with Crippen LogP contribution in [-0.4, -0.2) is 9.55 Å². The molecule has 0 unspecified atom stereocenters. The monoisotopic (exact) mass is 734 g/mol. The van der Waals surface area contributed by atoms with Crippen molar-refractivity contribution < 1.29 is 0 Å². The molecule has 1 spiro atoms. The summed E-state index contributed by atoms with van der Waals surface area (Å²) in [6.07, 6.45) is 0. The van der Waals surface area contributed by atoms with Crippen LogP contribution in [0.2, 0.25) is 0 Å². The third kappa shape index (κ3) is 4.03. The molecule has 0 saturated carbocycles. The summed E-state index contributed by atoms with van der Waals surface area (Å²) < 4.78 is 2.29. The van der Waals surface area contributed by atoms with E-state index in [2.05, 4.69) is 211 Å². The Morgan fingerprint density at radius 1 is 0.362 bits per heavy atom. The molecule has 0 fully saturated rings. The van der Waals surface area contributed by atoms with Gasteiger partial charge < -0.3 is 0 Å². The van der Waals surface area contributed by atoms with Crippen molar-refractivity contribution in [2.45, 2.75) is 5.41 Å². The smallest absolute Gasteiger partial charge is 0.145 e. The Morgan fingerprint density at radius 3 is 1.60 bits per heavy atom. The van der Waals surface area contributed by atoms with Gasteiger partial charge in [-0.05, 0) is 118 Å². The minimum absolute atomic E-state index is 0.500. The average Bonchev–Trinajstić information content (AvgIpc) is 3.94. The average molecular weight is 735 g/mol. The zero-order valence-electron chi connectivity index (χ0n) is 31.5. The van der Waals surface area contributed by atoms with Gasteiger partial charge in [0.25, 0.3) is 0 Å². The molecule has 11 aromatic rings. The molecule has 0 atom stereocenters. The van der Waals surface area contributed by atoms with Crippen molar-refractivity contribution in [2.24, 2.45) is 0 Å². The molecule has 1 aromatic heterocycles. The Balaban J connectivity index is 1.13. The Kier molecular flexibility index (Phi) is 6.40. The fourth-order valence-corrected chi connectivity index (χ4v) is 10.8. The highest BCUT2D eigenvalue weighted by molar-refractivity contribution is 6.22. The summed E-state index contributed by atoms with van der Waals surface area (Å²) in [6.45, 7) is 0. The van der Waals surface area contributed by atoms with Crippen LogP contribution >= 0.6 is 0 Å². The number of imidazole rings is 1. The van der Waals surface area contributed by atoms with E-state index in [4.69, 9.17) is 4.98 Å². The quantitative estimate of drug-likeness (QED) is 0.165. The zero-order valence-corrected chi connectivity index (χ0v) is 31.5. The predicted octanol–water partition coefficient (Wildman–Crippen LogP) is 14.2. The maximum Gasteiger partial charge on any atom is 0.145 e. The van der Waals surface area contributed by atoms with Crippen molar-refractivity contribution in [2.75, 3.05) is 0 Å². The van der Waals surface area contributed by atoms with Crippen molar-refractivity contribution in [1.29, 1.82) is 0 Å². The second-order valence-electron chi connectivity index (χ2n) is 15.7. The molecule has 268 valence electrons. The second kappa shape index (κ2) is 11.7. The molecule has 0 saturated heterocycles. The Hall–Kier alpha value is -7.55. The van der Waals surface area contributed by atoms with E-state index in [0.717, 1.165) is 28.1 Å². The molecular weight excluding hydrogens is 701 g/mol. The fraction of sp³-hybridized carbons (Fsp3) is 0.0179. The lowest BCUT2D eigenvalue weighted by atomic mass is 9.68. The molecule has 10 aromatic carbocycles. The number of benzene rings is 10. The summed E-state index contributed by atoms with van der Waals surface area (Å²) in [5, 5.41) is 7.76. The van der Waals surface area contributed by atoms with Crippen molar-refractivity contribution in [3.63, 3.8) is 0 Å². The molecule has 0 aliphatic heterocycles. The van der Waals surface area contributed by atoms with Gasteiger partial charge in [-0.1, -0.05) is 176 Å². The number of fused-ring (bicyclic) bond motifs is 18. The van der Waals surface area contributed by atoms with E-state index in [1.54, 1.807) is 0 Å². The van der Waals surface area contributed by atoms with E-state index >= 15 is 0 Å². The normalized spacial score (nSPS) is 13.3. The number of hydrogen-bond acceptors (Lipinski definition) is 1. The van der Waals surface area contributed by atoms with Gasteiger partial charge in [-0.25, -0.2) is 4.98 Å². The topological polar surface area (TPSA) is 17.8 Å². The number of aromatic nitrogens is 2.